The molecule has 0 saturated carbocycles. The van der Waals surface area contributed by atoms with Crippen molar-refractivity contribution in [3.8, 4) is 0 Å². The van der Waals surface area contributed by atoms with Gasteiger partial charge in [0, 0.05) is 12.6 Å². The van der Waals surface area contributed by atoms with E-state index in [0.717, 1.165) is 31.3 Å². The van der Waals surface area contributed by atoms with Crippen LogP contribution in [0.4, 0.5) is 0 Å². The highest BCUT2D eigenvalue weighted by molar-refractivity contribution is 7.99. The topological polar surface area (TPSA) is 91.5 Å². The Morgan fingerprint density at radius 1 is 1.50 bits per heavy atom. The lowest BCUT2D eigenvalue weighted by atomic mass is 9.94. The second-order valence-corrected chi connectivity index (χ2v) is 6.15. The lowest BCUT2D eigenvalue weighted by molar-refractivity contribution is -0.133. The number of likely N-dealkylation sites (tertiary alicyclic amines) is 1. The summed E-state index contributed by atoms with van der Waals surface area (Å²) in [6.07, 6.45) is 0.948. The molecule has 20 heavy (non-hydrogen) atoms. The Morgan fingerprint density at radius 2 is 2.25 bits per heavy atom. The molecule has 0 bridgehead atoms. The Labute approximate surface area is 122 Å². The van der Waals surface area contributed by atoms with Crippen LogP contribution in [0.1, 0.15) is 25.2 Å². The zero-order valence-corrected chi connectivity index (χ0v) is 12.5. The molecule has 1 aromatic heterocycles. The van der Waals surface area contributed by atoms with E-state index < -0.39 is 5.97 Å². The summed E-state index contributed by atoms with van der Waals surface area (Å²) >= 11 is 1.15. The average molecular weight is 300 g/mol. The number of hydrogen-bond acceptors (Lipinski definition) is 6. The molecule has 0 aromatic carbocycles. The molecule has 2 unspecified atom stereocenters. The number of nitrogens with zero attached hydrogens (tertiary/aromatic N) is 4. The number of aliphatic hydroxyl groups excluding tert-OH is 1. The molecule has 0 radical (unpaired) electrons. The van der Waals surface area contributed by atoms with Crippen molar-refractivity contribution in [3.63, 3.8) is 0 Å². The van der Waals surface area contributed by atoms with Crippen LogP contribution >= 0.6 is 11.8 Å². The van der Waals surface area contributed by atoms with E-state index in [2.05, 4.69) is 29.1 Å². The summed E-state index contributed by atoms with van der Waals surface area (Å²) in [5, 5.41) is 26.8. The third kappa shape index (κ3) is 3.31. The summed E-state index contributed by atoms with van der Waals surface area (Å²) in [5.41, 5.74) is 0. The summed E-state index contributed by atoms with van der Waals surface area (Å²) in [4.78, 5) is 13.0. The van der Waals surface area contributed by atoms with Crippen molar-refractivity contribution >= 4 is 17.7 Å². The summed E-state index contributed by atoms with van der Waals surface area (Å²) in [5.74, 6) is -0.0186. The van der Waals surface area contributed by atoms with Crippen molar-refractivity contribution in [3.05, 3.63) is 5.82 Å². The zero-order chi connectivity index (χ0) is 14.7. The highest BCUT2D eigenvalue weighted by Crippen LogP contribution is 2.32. The molecule has 0 amide bonds. The van der Waals surface area contributed by atoms with Gasteiger partial charge in [0.25, 0.3) is 0 Å². The van der Waals surface area contributed by atoms with Crippen molar-refractivity contribution in [1.82, 2.24) is 19.7 Å². The summed E-state index contributed by atoms with van der Waals surface area (Å²) in [7, 11) is 2.09. The van der Waals surface area contributed by atoms with Crippen molar-refractivity contribution < 1.29 is 15.0 Å². The summed E-state index contributed by atoms with van der Waals surface area (Å²) < 4.78 is 1.92. The molecule has 1 aliphatic rings. The molecule has 2 heterocycles. The highest BCUT2D eigenvalue weighted by atomic mass is 32.2. The Hall–Kier alpha value is -1.12. The number of hydrogen-bond donors (Lipinski definition) is 2. The van der Waals surface area contributed by atoms with E-state index in [0.29, 0.717) is 16.9 Å². The van der Waals surface area contributed by atoms with Crippen LogP contribution in [0, 0.1) is 5.92 Å². The minimum atomic E-state index is -0.883. The third-order valence-corrected chi connectivity index (χ3v) is 4.52. The number of rotatable bonds is 5. The first kappa shape index (κ1) is 15.3. The van der Waals surface area contributed by atoms with Crippen LogP contribution < -0.4 is 0 Å². The molecule has 8 heteroatoms. The Balaban J connectivity index is 2.23. The molecule has 7 nitrogen and oxygen atoms in total. The number of carboxylic acids is 1. The van der Waals surface area contributed by atoms with Gasteiger partial charge >= 0.3 is 5.97 Å². The molecule has 1 aliphatic heterocycles. The maximum atomic E-state index is 10.7. The summed E-state index contributed by atoms with van der Waals surface area (Å²) in [6.45, 7) is 3.92. The van der Waals surface area contributed by atoms with Gasteiger partial charge < -0.3 is 19.7 Å². The number of aliphatic hydroxyl groups is 1. The van der Waals surface area contributed by atoms with Crippen LogP contribution in [0.25, 0.3) is 0 Å². The van der Waals surface area contributed by atoms with Crippen molar-refractivity contribution in [2.24, 2.45) is 5.92 Å². The van der Waals surface area contributed by atoms with Gasteiger partial charge in [-0.2, -0.15) is 0 Å². The molecular weight excluding hydrogens is 280 g/mol. The quantitative estimate of drug-likeness (QED) is 0.763. The lowest BCUT2D eigenvalue weighted by Gasteiger charge is -2.36. The number of aromatic nitrogens is 3. The molecule has 1 fully saturated rings. The van der Waals surface area contributed by atoms with E-state index >= 15 is 0 Å². The van der Waals surface area contributed by atoms with Gasteiger partial charge in [0.05, 0.1) is 5.75 Å². The van der Waals surface area contributed by atoms with E-state index in [4.69, 9.17) is 5.11 Å². The lowest BCUT2D eigenvalue weighted by Crippen LogP contribution is -2.38. The standard InChI is InChI=1S/C12H20N4O3S/c1-8-5-15(2)4-3-9(8)16-10(6-17)13-14-12(16)20-7-11(18)19/h8-9,17H,3-7H2,1-2H3,(H,18,19). The van der Waals surface area contributed by atoms with Gasteiger partial charge in [-0.15, -0.1) is 10.2 Å². The molecular formula is C12H20N4O3S. The number of carboxylic acid groups (broad SMARTS) is 1. The number of aliphatic carboxylic acids is 1. The van der Waals surface area contributed by atoms with Crippen LogP contribution in [0.15, 0.2) is 5.16 Å². The molecule has 2 atom stereocenters. The fourth-order valence-electron chi connectivity index (χ4n) is 2.70. The zero-order valence-electron chi connectivity index (χ0n) is 11.7. The Kier molecular flexibility index (Phi) is 5.00. The SMILES string of the molecule is CC1CN(C)CCC1n1c(CO)nnc1SCC(=O)O. The molecule has 1 saturated heterocycles. The van der Waals surface area contributed by atoms with Crippen LogP contribution in [0.2, 0.25) is 0 Å². The molecule has 1 aromatic rings. The van der Waals surface area contributed by atoms with Crippen molar-refractivity contribution in [1.29, 1.82) is 0 Å². The molecule has 2 N–H and O–H groups in total. The monoisotopic (exact) mass is 300 g/mol. The predicted octanol–water partition coefficient (Wildman–Crippen LogP) is 0.460. The fourth-order valence-corrected chi connectivity index (χ4v) is 3.43. The minimum absolute atomic E-state index is 0.0510. The van der Waals surface area contributed by atoms with Crippen LogP contribution in [0.3, 0.4) is 0 Å². The van der Waals surface area contributed by atoms with E-state index in [9.17, 15) is 9.90 Å². The third-order valence-electron chi connectivity index (χ3n) is 3.60. The van der Waals surface area contributed by atoms with Crippen LogP contribution in [-0.2, 0) is 11.4 Å². The van der Waals surface area contributed by atoms with Gasteiger partial charge in [-0.1, -0.05) is 18.7 Å². The normalized spacial score (nSPS) is 23.9. The maximum Gasteiger partial charge on any atom is 0.313 e. The number of piperidine rings is 1. The van der Waals surface area contributed by atoms with Crippen LogP contribution in [0.5, 0.6) is 0 Å². The van der Waals surface area contributed by atoms with Crippen molar-refractivity contribution in [2.45, 2.75) is 31.1 Å². The Morgan fingerprint density at radius 3 is 2.85 bits per heavy atom. The first-order valence-electron chi connectivity index (χ1n) is 6.60. The number of carbonyl (C=O) groups is 1. The maximum absolute atomic E-state index is 10.7. The molecule has 0 spiro atoms. The molecule has 0 aliphatic carbocycles. The predicted molar refractivity (Wildman–Crippen MR) is 74.6 cm³/mol. The first-order chi connectivity index (χ1) is 9.52. The van der Waals surface area contributed by atoms with E-state index in [1.807, 2.05) is 4.57 Å². The van der Waals surface area contributed by atoms with E-state index in [1.165, 1.54) is 0 Å². The second-order valence-electron chi connectivity index (χ2n) is 5.20. The summed E-state index contributed by atoms with van der Waals surface area (Å²) in [6, 6.07) is 0.208. The average Bonchev–Trinajstić information content (AvgIpc) is 2.79. The largest absolute Gasteiger partial charge is 0.481 e. The van der Waals surface area contributed by atoms with Gasteiger partial charge in [0.15, 0.2) is 11.0 Å². The highest BCUT2D eigenvalue weighted by Gasteiger charge is 2.29. The van der Waals surface area contributed by atoms with Gasteiger partial charge in [0.1, 0.15) is 6.61 Å². The first-order valence-corrected chi connectivity index (χ1v) is 7.59. The van der Waals surface area contributed by atoms with Crippen molar-refractivity contribution in [2.75, 3.05) is 25.9 Å². The smallest absolute Gasteiger partial charge is 0.313 e. The second kappa shape index (κ2) is 6.55. The minimum Gasteiger partial charge on any atom is -0.481 e. The van der Waals surface area contributed by atoms with E-state index in [-0.39, 0.29) is 18.4 Å². The van der Waals surface area contributed by atoms with E-state index in [1.54, 1.807) is 0 Å². The van der Waals surface area contributed by atoms with Gasteiger partial charge in [-0.3, -0.25) is 4.79 Å². The fraction of sp³-hybridized carbons (Fsp3) is 0.750. The number of thioether (sulfide) groups is 1. The Bertz CT molecular complexity index is 479. The molecule has 112 valence electrons. The van der Waals surface area contributed by atoms with Gasteiger partial charge in [0.2, 0.25) is 0 Å². The van der Waals surface area contributed by atoms with Gasteiger partial charge in [-0.25, -0.2) is 0 Å². The van der Waals surface area contributed by atoms with Crippen LogP contribution in [-0.4, -0.2) is 61.7 Å². The van der Waals surface area contributed by atoms with Gasteiger partial charge in [-0.05, 0) is 25.9 Å². The molecule has 2 rings (SSSR count).